The molecule has 0 aliphatic carbocycles. The molecule has 72 valence electrons. The Labute approximate surface area is 75.1 Å². The van der Waals surface area contributed by atoms with Crippen molar-refractivity contribution in [2.75, 3.05) is 27.2 Å². The summed E-state index contributed by atoms with van der Waals surface area (Å²) in [6.45, 7) is 4.05. The van der Waals surface area contributed by atoms with Gasteiger partial charge in [-0.2, -0.15) is 0 Å². The molecule has 1 saturated heterocycles. The lowest BCUT2D eigenvalue weighted by Gasteiger charge is -2.12. The van der Waals surface area contributed by atoms with E-state index < -0.39 is 0 Å². The first-order chi connectivity index (χ1) is 5.76. The van der Waals surface area contributed by atoms with Gasteiger partial charge in [0.1, 0.15) is 0 Å². The molecule has 1 aliphatic rings. The second-order valence-corrected chi connectivity index (χ2v) is 2.98. The van der Waals surface area contributed by atoms with Gasteiger partial charge in [0.15, 0.2) is 0 Å². The van der Waals surface area contributed by atoms with E-state index in [0.29, 0.717) is 5.91 Å². The van der Waals surface area contributed by atoms with Crippen LogP contribution >= 0.6 is 0 Å². The van der Waals surface area contributed by atoms with E-state index in [1.165, 1.54) is 0 Å². The molecule has 1 heterocycles. The molecule has 3 heteroatoms. The highest BCUT2D eigenvalue weighted by Crippen LogP contribution is 2.08. The molecule has 3 nitrogen and oxygen atoms in total. The summed E-state index contributed by atoms with van der Waals surface area (Å²) in [6, 6.07) is 0. The summed E-state index contributed by atoms with van der Waals surface area (Å²) in [5.41, 5.74) is 0. The van der Waals surface area contributed by atoms with E-state index >= 15 is 0 Å². The lowest BCUT2D eigenvalue weighted by atomic mass is 10.4. The normalized spacial score (nSPS) is 15.9. The second kappa shape index (κ2) is 7.10. The quantitative estimate of drug-likeness (QED) is 0.670. The molecule has 0 bridgehead atoms. The Bertz CT molecular complexity index is 126. The summed E-state index contributed by atoms with van der Waals surface area (Å²) in [5.74, 6) is 0.344. The molecule has 0 radical (unpaired) electrons. The summed E-state index contributed by atoms with van der Waals surface area (Å²) in [4.78, 5) is 12.8. The highest BCUT2D eigenvalue weighted by molar-refractivity contribution is 5.77. The van der Waals surface area contributed by atoms with Crippen LogP contribution in [0.5, 0.6) is 0 Å². The highest BCUT2D eigenvalue weighted by atomic mass is 16.2. The third-order valence-electron chi connectivity index (χ3n) is 1.66. The van der Waals surface area contributed by atoms with Crippen LogP contribution in [0.4, 0.5) is 0 Å². The minimum absolute atomic E-state index is 0.344. The van der Waals surface area contributed by atoms with Crippen LogP contribution in [-0.2, 0) is 4.79 Å². The van der Waals surface area contributed by atoms with Gasteiger partial charge >= 0.3 is 0 Å². The van der Waals surface area contributed by atoms with Crippen molar-refractivity contribution in [3.05, 3.63) is 0 Å². The van der Waals surface area contributed by atoms with Gasteiger partial charge in [0.25, 0.3) is 0 Å². The van der Waals surface area contributed by atoms with Gasteiger partial charge in [-0.25, -0.2) is 0 Å². The average molecular weight is 172 g/mol. The van der Waals surface area contributed by atoms with Crippen LogP contribution in [0.15, 0.2) is 0 Å². The van der Waals surface area contributed by atoms with Crippen LogP contribution in [-0.4, -0.2) is 38.0 Å². The van der Waals surface area contributed by atoms with Gasteiger partial charge in [0.05, 0.1) is 0 Å². The van der Waals surface area contributed by atoms with Gasteiger partial charge in [0, 0.05) is 19.5 Å². The largest absolute Gasteiger partial charge is 0.343 e. The maximum atomic E-state index is 10.9. The zero-order chi connectivity index (χ0) is 9.40. The van der Waals surface area contributed by atoms with Crippen molar-refractivity contribution in [2.45, 2.75) is 26.2 Å². The molecule has 1 amide bonds. The molecular formula is C9H20N2O. The standard InChI is InChI=1S/C7H13NO.C2H7N/c1-2-5-8-6-3-4-7(8)9;1-3-2/h2-6H2,1H3;3H,1-2H3. The van der Waals surface area contributed by atoms with E-state index in [1.807, 2.05) is 19.0 Å². The van der Waals surface area contributed by atoms with Gasteiger partial charge in [-0.15, -0.1) is 0 Å². The van der Waals surface area contributed by atoms with E-state index in [9.17, 15) is 4.79 Å². The van der Waals surface area contributed by atoms with Gasteiger partial charge in [-0.05, 0) is 26.9 Å². The Hall–Kier alpha value is -0.570. The predicted molar refractivity (Wildman–Crippen MR) is 51.1 cm³/mol. The summed E-state index contributed by atoms with van der Waals surface area (Å²) >= 11 is 0. The Kier molecular flexibility index (Phi) is 6.76. The van der Waals surface area contributed by atoms with E-state index in [-0.39, 0.29) is 0 Å². The minimum atomic E-state index is 0.344. The van der Waals surface area contributed by atoms with Crippen molar-refractivity contribution in [1.82, 2.24) is 10.2 Å². The zero-order valence-electron chi connectivity index (χ0n) is 8.39. The van der Waals surface area contributed by atoms with Crippen molar-refractivity contribution in [3.8, 4) is 0 Å². The Balaban J connectivity index is 0.000000354. The fourth-order valence-corrected chi connectivity index (χ4v) is 1.21. The number of hydrogen-bond acceptors (Lipinski definition) is 2. The van der Waals surface area contributed by atoms with Crippen LogP contribution < -0.4 is 5.32 Å². The molecule has 0 aromatic rings. The maximum absolute atomic E-state index is 10.9. The molecule has 0 aromatic carbocycles. The fourth-order valence-electron chi connectivity index (χ4n) is 1.21. The number of hydrogen-bond donors (Lipinski definition) is 1. The van der Waals surface area contributed by atoms with Gasteiger partial charge in [-0.3, -0.25) is 4.79 Å². The molecule has 1 rings (SSSR count). The van der Waals surface area contributed by atoms with Crippen LogP contribution in [0.25, 0.3) is 0 Å². The summed E-state index contributed by atoms with van der Waals surface area (Å²) in [6.07, 6.45) is 2.94. The number of carbonyl (C=O) groups is 1. The lowest BCUT2D eigenvalue weighted by Crippen LogP contribution is -2.24. The maximum Gasteiger partial charge on any atom is 0.222 e. The Morgan fingerprint density at radius 1 is 1.50 bits per heavy atom. The zero-order valence-corrected chi connectivity index (χ0v) is 8.39. The van der Waals surface area contributed by atoms with E-state index in [4.69, 9.17) is 0 Å². The minimum Gasteiger partial charge on any atom is -0.343 e. The third kappa shape index (κ3) is 4.34. The predicted octanol–water partition coefficient (Wildman–Crippen LogP) is 0.854. The van der Waals surface area contributed by atoms with Crippen molar-refractivity contribution < 1.29 is 4.79 Å². The number of nitrogens with zero attached hydrogens (tertiary/aromatic N) is 1. The lowest BCUT2D eigenvalue weighted by molar-refractivity contribution is -0.127. The Morgan fingerprint density at radius 3 is 2.42 bits per heavy atom. The summed E-state index contributed by atoms with van der Waals surface area (Å²) in [5, 5.41) is 2.75. The number of amides is 1. The molecule has 0 spiro atoms. The van der Waals surface area contributed by atoms with Crippen molar-refractivity contribution >= 4 is 5.91 Å². The Morgan fingerprint density at radius 2 is 2.08 bits per heavy atom. The molecule has 0 aromatic heterocycles. The van der Waals surface area contributed by atoms with Gasteiger partial charge in [-0.1, -0.05) is 6.92 Å². The van der Waals surface area contributed by atoms with E-state index in [1.54, 1.807) is 0 Å². The monoisotopic (exact) mass is 172 g/mol. The first-order valence-electron chi connectivity index (χ1n) is 4.62. The highest BCUT2D eigenvalue weighted by Gasteiger charge is 2.17. The SMILES string of the molecule is CCCN1CCCC1=O.CNC. The molecule has 1 N–H and O–H groups in total. The van der Waals surface area contributed by atoms with Crippen LogP contribution in [0, 0.1) is 0 Å². The topological polar surface area (TPSA) is 32.3 Å². The van der Waals surface area contributed by atoms with Crippen LogP contribution in [0.3, 0.4) is 0 Å². The molecule has 0 atom stereocenters. The van der Waals surface area contributed by atoms with Gasteiger partial charge < -0.3 is 10.2 Å². The average Bonchev–Trinajstić information content (AvgIpc) is 2.39. The van der Waals surface area contributed by atoms with Crippen molar-refractivity contribution in [2.24, 2.45) is 0 Å². The number of likely N-dealkylation sites (tertiary alicyclic amines) is 1. The van der Waals surface area contributed by atoms with Crippen molar-refractivity contribution in [1.29, 1.82) is 0 Å². The number of carbonyl (C=O) groups excluding carboxylic acids is 1. The van der Waals surface area contributed by atoms with Gasteiger partial charge in [0.2, 0.25) is 5.91 Å². The molecule has 1 fully saturated rings. The first-order valence-corrected chi connectivity index (χ1v) is 4.62. The number of nitrogens with one attached hydrogen (secondary N) is 1. The fraction of sp³-hybridized carbons (Fsp3) is 0.889. The van der Waals surface area contributed by atoms with E-state index in [2.05, 4.69) is 12.2 Å². The van der Waals surface area contributed by atoms with Crippen molar-refractivity contribution in [3.63, 3.8) is 0 Å². The smallest absolute Gasteiger partial charge is 0.222 e. The molecule has 0 unspecified atom stereocenters. The van der Waals surface area contributed by atoms with Crippen LogP contribution in [0.1, 0.15) is 26.2 Å². The summed E-state index contributed by atoms with van der Waals surface area (Å²) < 4.78 is 0. The molecule has 1 aliphatic heterocycles. The molecule has 12 heavy (non-hydrogen) atoms. The third-order valence-corrected chi connectivity index (χ3v) is 1.66. The second-order valence-electron chi connectivity index (χ2n) is 2.98. The summed E-state index contributed by atoms with van der Waals surface area (Å²) in [7, 11) is 3.75. The van der Waals surface area contributed by atoms with E-state index in [0.717, 1.165) is 32.4 Å². The number of rotatable bonds is 2. The first kappa shape index (κ1) is 11.4. The molecular weight excluding hydrogens is 152 g/mol. The van der Waals surface area contributed by atoms with Crippen LogP contribution in [0.2, 0.25) is 0 Å². The molecule has 0 saturated carbocycles.